The van der Waals surface area contributed by atoms with Crippen LogP contribution in [0.25, 0.3) is 0 Å². The number of nitrogens with zero attached hydrogens (tertiary/aromatic N) is 1. The van der Waals surface area contributed by atoms with Crippen molar-refractivity contribution in [2.24, 2.45) is 5.10 Å². The third-order valence-corrected chi connectivity index (χ3v) is 4.49. The van der Waals surface area contributed by atoms with E-state index >= 15 is 0 Å². The minimum Gasteiger partial charge on any atom is -0.503 e. The van der Waals surface area contributed by atoms with Crippen LogP contribution in [0.5, 0.6) is 11.5 Å². The van der Waals surface area contributed by atoms with Gasteiger partial charge in [-0.25, -0.2) is 5.43 Å². The first-order valence-corrected chi connectivity index (χ1v) is 9.09. The van der Waals surface area contributed by atoms with E-state index in [2.05, 4.69) is 10.5 Å². The van der Waals surface area contributed by atoms with Gasteiger partial charge in [0.25, 0.3) is 0 Å². The van der Waals surface area contributed by atoms with Crippen LogP contribution < -0.4 is 10.2 Å². The zero-order valence-corrected chi connectivity index (χ0v) is 15.7. The van der Waals surface area contributed by atoms with Gasteiger partial charge >= 0.3 is 0 Å². The molecule has 0 heterocycles. The molecule has 0 saturated heterocycles. The number of phenols is 1. The number of rotatable bonds is 7. The highest BCUT2D eigenvalue weighted by molar-refractivity contribution is 8.00. The molecule has 0 aromatic heterocycles. The Bertz CT molecular complexity index is 767. The second kappa shape index (κ2) is 9.56. The van der Waals surface area contributed by atoms with E-state index in [-0.39, 0.29) is 28.2 Å². The molecule has 0 aliphatic rings. The lowest BCUT2D eigenvalue weighted by molar-refractivity contribution is -0.118. The third kappa shape index (κ3) is 6.16. The molecule has 0 bridgehead atoms. The molecular formula is C17H16Cl2N2O3S. The Morgan fingerprint density at radius 3 is 2.72 bits per heavy atom. The fourth-order valence-corrected chi connectivity index (χ4v) is 2.86. The second-order valence-electron chi connectivity index (χ2n) is 4.82. The summed E-state index contributed by atoms with van der Waals surface area (Å²) in [5.74, 6) is 0.121. The summed E-state index contributed by atoms with van der Waals surface area (Å²) in [6.45, 7) is 2.19. The van der Waals surface area contributed by atoms with Crippen molar-refractivity contribution in [2.75, 3.05) is 12.4 Å². The zero-order valence-electron chi connectivity index (χ0n) is 13.3. The predicted octanol–water partition coefficient (Wildman–Crippen LogP) is 4.34. The van der Waals surface area contributed by atoms with Crippen LogP contribution in [0.4, 0.5) is 0 Å². The summed E-state index contributed by atoms with van der Waals surface area (Å²) in [7, 11) is 0. The Morgan fingerprint density at radius 2 is 2.04 bits per heavy atom. The van der Waals surface area contributed by atoms with E-state index < -0.39 is 0 Å². The first-order valence-electron chi connectivity index (χ1n) is 7.35. The van der Waals surface area contributed by atoms with E-state index in [1.807, 2.05) is 12.1 Å². The lowest BCUT2D eigenvalue weighted by atomic mass is 10.2. The van der Waals surface area contributed by atoms with Gasteiger partial charge in [-0.2, -0.15) is 5.10 Å². The minimum absolute atomic E-state index is 0.121. The molecule has 2 N–H and O–H groups in total. The van der Waals surface area contributed by atoms with Crippen molar-refractivity contribution < 1.29 is 14.6 Å². The molecule has 1 amide bonds. The number of carbonyl (C=O) groups excluding carboxylic acids is 1. The van der Waals surface area contributed by atoms with Crippen LogP contribution in [-0.2, 0) is 4.79 Å². The summed E-state index contributed by atoms with van der Waals surface area (Å²) in [5.41, 5.74) is 3.03. The number of nitrogens with one attached hydrogen (secondary N) is 1. The average molecular weight is 399 g/mol. The fraction of sp³-hybridized carbons (Fsp3) is 0.176. The van der Waals surface area contributed by atoms with Crippen LogP contribution in [0.1, 0.15) is 12.5 Å². The molecule has 0 atom stereocenters. The first-order chi connectivity index (χ1) is 12.0. The molecule has 0 radical (unpaired) electrons. The highest BCUT2D eigenvalue weighted by atomic mass is 35.5. The van der Waals surface area contributed by atoms with Gasteiger partial charge in [0.2, 0.25) is 5.91 Å². The van der Waals surface area contributed by atoms with Gasteiger partial charge in [0, 0.05) is 9.92 Å². The van der Waals surface area contributed by atoms with Crippen molar-refractivity contribution in [3.05, 3.63) is 52.0 Å². The number of halogens is 2. The maximum absolute atomic E-state index is 11.8. The average Bonchev–Trinajstić information content (AvgIpc) is 2.59. The summed E-state index contributed by atoms with van der Waals surface area (Å²) in [4.78, 5) is 12.7. The van der Waals surface area contributed by atoms with Gasteiger partial charge in [0.1, 0.15) is 0 Å². The zero-order chi connectivity index (χ0) is 18.2. The van der Waals surface area contributed by atoms with Crippen molar-refractivity contribution in [1.29, 1.82) is 0 Å². The monoisotopic (exact) mass is 398 g/mol. The SMILES string of the molecule is CCOc1cc(/C=N\NC(=O)CSc2ccc(Cl)cc2)cc(Cl)c1O. The smallest absolute Gasteiger partial charge is 0.250 e. The van der Waals surface area contributed by atoms with E-state index in [1.165, 1.54) is 24.0 Å². The van der Waals surface area contributed by atoms with Crippen LogP contribution in [0, 0.1) is 0 Å². The number of aromatic hydroxyl groups is 1. The molecule has 8 heteroatoms. The minimum atomic E-state index is -0.244. The molecule has 0 saturated carbocycles. The largest absolute Gasteiger partial charge is 0.503 e. The fourth-order valence-electron chi connectivity index (χ4n) is 1.82. The summed E-state index contributed by atoms with van der Waals surface area (Å²) in [5, 5.41) is 14.5. The van der Waals surface area contributed by atoms with Crippen LogP contribution >= 0.6 is 35.0 Å². The molecule has 0 aliphatic carbocycles. The topological polar surface area (TPSA) is 70.9 Å². The molecule has 0 spiro atoms. The van der Waals surface area contributed by atoms with Crippen LogP contribution in [0.2, 0.25) is 10.0 Å². The van der Waals surface area contributed by atoms with Crippen molar-refractivity contribution in [3.8, 4) is 11.5 Å². The van der Waals surface area contributed by atoms with E-state index in [0.717, 1.165) is 4.90 Å². The third-order valence-electron chi connectivity index (χ3n) is 2.94. The van der Waals surface area contributed by atoms with Gasteiger partial charge in [0.15, 0.2) is 11.5 Å². The van der Waals surface area contributed by atoms with E-state index in [4.69, 9.17) is 27.9 Å². The molecule has 0 unspecified atom stereocenters. The van der Waals surface area contributed by atoms with Crippen LogP contribution in [0.15, 0.2) is 46.4 Å². The summed E-state index contributed by atoms with van der Waals surface area (Å²) in [6, 6.07) is 10.3. The van der Waals surface area contributed by atoms with Crippen LogP contribution in [-0.4, -0.2) is 29.6 Å². The van der Waals surface area contributed by atoms with Crippen molar-refractivity contribution in [3.63, 3.8) is 0 Å². The quantitative estimate of drug-likeness (QED) is 0.413. The molecule has 25 heavy (non-hydrogen) atoms. The van der Waals surface area contributed by atoms with E-state index in [0.29, 0.717) is 17.2 Å². The highest BCUT2D eigenvalue weighted by Gasteiger charge is 2.08. The number of benzene rings is 2. The number of thioether (sulfide) groups is 1. The number of hydrogen-bond donors (Lipinski definition) is 2. The van der Waals surface area contributed by atoms with Gasteiger partial charge in [-0.3, -0.25) is 4.79 Å². The number of phenolic OH excluding ortho intramolecular Hbond substituents is 1. The normalized spacial score (nSPS) is 10.8. The lowest BCUT2D eigenvalue weighted by Crippen LogP contribution is -2.19. The van der Waals surface area contributed by atoms with Gasteiger partial charge in [-0.1, -0.05) is 23.2 Å². The molecule has 132 valence electrons. The number of carbonyl (C=O) groups is 1. The van der Waals surface area contributed by atoms with Crippen molar-refractivity contribution in [2.45, 2.75) is 11.8 Å². The lowest BCUT2D eigenvalue weighted by Gasteiger charge is -2.08. The number of amides is 1. The maximum atomic E-state index is 11.8. The highest BCUT2D eigenvalue weighted by Crippen LogP contribution is 2.34. The first kappa shape index (κ1) is 19.4. The van der Waals surface area contributed by atoms with E-state index in [9.17, 15) is 9.90 Å². The second-order valence-corrected chi connectivity index (χ2v) is 6.71. The Kier molecular flexibility index (Phi) is 7.43. The van der Waals surface area contributed by atoms with E-state index in [1.54, 1.807) is 25.1 Å². The molecule has 0 fully saturated rings. The van der Waals surface area contributed by atoms with Gasteiger partial charge < -0.3 is 9.84 Å². The molecule has 2 aromatic carbocycles. The summed E-state index contributed by atoms with van der Waals surface area (Å²) < 4.78 is 5.29. The Morgan fingerprint density at radius 1 is 1.32 bits per heavy atom. The Balaban J connectivity index is 1.89. The predicted molar refractivity (Wildman–Crippen MR) is 102 cm³/mol. The number of ether oxygens (including phenoxy) is 1. The number of hydrazone groups is 1. The summed E-state index contributed by atoms with van der Waals surface area (Å²) >= 11 is 13.1. The van der Waals surface area contributed by atoms with Gasteiger partial charge in [-0.15, -0.1) is 11.8 Å². The Labute approximate surface area is 160 Å². The molecule has 2 rings (SSSR count). The standard InChI is InChI=1S/C17H16Cl2N2O3S/c1-2-24-15-8-11(7-14(19)17(15)23)9-20-21-16(22)10-25-13-5-3-12(18)4-6-13/h3-9,23H,2,10H2,1H3,(H,21,22)/b20-9-. The molecule has 5 nitrogen and oxygen atoms in total. The maximum Gasteiger partial charge on any atom is 0.250 e. The van der Waals surface area contributed by atoms with Crippen LogP contribution in [0.3, 0.4) is 0 Å². The Hall–Kier alpha value is -1.89. The molecule has 2 aromatic rings. The number of hydrogen-bond acceptors (Lipinski definition) is 5. The summed E-state index contributed by atoms with van der Waals surface area (Å²) in [6.07, 6.45) is 1.43. The van der Waals surface area contributed by atoms with Gasteiger partial charge in [-0.05, 0) is 48.9 Å². The van der Waals surface area contributed by atoms with Gasteiger partial charge in [0.05, 0.1) is 23.6 Å². The molecule has 0 aliphatic heterocycles. The van der Waals surface area contributed by atoms with Crippen molar-refractivity contribution >= 4 is 47.1 Å². The van der Waals surface area contributed by atoms with Crippen molar-refractivity contribution in [1.82, 2.24) is 5.43 Å². The molecular weight excluding hydrogens is 383 g/mol.